The highest BCUT2D eigenvalue weighted by atomic mass is 35.5. The summed E-state index contributed by atoms with van der Waals surface area (Å²) < 4.78 is 12.1. The number of carbonyl (C=O) groups is 1. The number of esters is 1. The molecule has 0 aliphatic heterocycles. The number of ether oxygens (including phenoxy) is 2. The Kier molecular flexibility index (Phi) is 6.03. The Balaban J connectivity index is 2.56. The molecule has 0 fully saturated rings. The molecule has 1 rings (SSSR count). The lowest BCUT2D eigenvalue weighted by Crippen LogP contribution is -2.22. The molecule has 0 spiro atoms. The monoisotopic (exact) mass is 304 g/mol. The predicted octanol–water partition coefficient (Wildman–Crippen LogP) is 3.03. The molecule has 0 atom stereocenters. The van der Waals surface area contributed by atoms with Crippen molar-refractivity contribution in [1.82, 2.24) is 9.55 Å². The van der Waals surface area contributed by atoms with Crippen LogP contribution in [0.4, 0.5) is 0 Å². The van der Waals surface area contributed by atoms with Crippen molar-refractivity contribution in [2.75, 3.05) is 13.2 Å². The van der Waals surface area contributed by atoms with Gasteiger partial charge in [0, 0.05) is 20.9 Å². The first-order valence-corrected chi connectivity index (χ1v) is 10.4. The molecule has 0 saturated heterocycles. The van der Waals surface area contributed by atoms with Crippen molar-refractivity contribution in [2.45, 2.75) is 39.3 Å². The molecule has 0 aliphatic carbocycles. The van der Waals surface area contributed by atoms with Gasteiger partial charge in [-0.3, -0.25) is 4.57 Å². The van der Waals surface area contributed by atoms with E-state index in [0.717, 1.165) is 6.04 Å². The summed E-state index contributed by atoms with van der Waals surface area (Å²) >= 11 is 5.81. The second-order valence-electron chi connectivity index (χ2n) is 5.43. The number of rotatable bonds is 7. The maximum Gasteiger partial charge on any atom is 0.374 e. The molecule has 108 valence electrons. The maximum atomic E-state index is 11.7. The summed E-state index contributed by atoms with van der Waals surface area (Å²) in [5, 5.41) is 0.261. The minimum absolute atomic E-state index is 0.180. The van der Waals surface area contributed by atoms with Gasteiger partial charge < -0.3 is 9.47 Å². The topological polar surface area (TPSA) is 53.3 Å². The molecule has 0 radical (unpaired) electrons. The second kappa shape index (κ2) is 7.07. The molecule has 0 saturated carbocycles. The van der Waals surface area contributed by atoms with Gasteiger partial charge in [0.25, 0.3) is 0 Å². The Morgan fingerprint density at radius 1 is 1.47 bits per heavy atom. The molecular formula is C12H21ClN2O3Si. The lowest BCUT2D eigenvalue weighted by atomic mass is 10.6. The highest BCUT2D eigenvalue weighted by molar-refractivity contribution is 6.76. The van der Waals surface area contributed by atoms with Gasteiger partial charge in [-0.25, -0.2) is 9.78 Å². The summed E-state index contributed by atoms with van der Waals surface area (Å²) in [6, 6.07) is 1.07. The Morgan fingerprint density at radius 2 is 2.16 bits per heavy atom. The van der Waals surface area contributed by atoms with Crippen molar-refractivity contribution in [3.05, 3.63) is 17.2 Å². The first-order valence-electron chi connectivity index (χ1n) is 6.31. The van der Waals surface area contributed by atoms with Gasteiger partial charge in [0.05, 0.1) is 6.61 Å². The Hall–Kier alpha value is -0.853. The third kappa shape index (κ3) is 5.75. The number of halogens is 1. The second-order valence-corrected chi connectivity index (χ2v) is 11.4. The van der Waals surface area contributed by atoms with Crippen LogP contribution in [0, 0.1) is 0 Å². The van der Waals surface area contributed by atoms with Crippen LogP contribution in [0.15, 0.2) is 6.20 Å². The molecule has 0 N–H and O–H groups in total. The van der Waals surface area contributed by atoms with E-state index in [1.807, 2.05) is 0 Å². The molecule has 0 aromatic carbocycles. The van der Waals surface area contributed by atoms with Gasteiger partial charge in [-0.15, -0.1) is 0 Å². The normalized spacial score (nSPS) is 11.6. The Labute approximate surface area is 119 Å². The van der Waals surface area contributed by atoms with E-state index in [2.05, 4.69) is 24.6 Å². The molecule has 7 heteroatoms. The van der Waals surface area contributed by atoms with E-state index in [4.69, 9.17) is 21.1 Å². The molecule has 19 heavy (non-hydrogen) atoms. The van der Waals surface area contributed by atoms with E-state index in [1.165, 1.54) is 0 Å². The summed E-state index contributed by atoms with van der Waals surface area (Å²) in [6.45, 7) is 9.85. The van der Waals surface area contributed by atoms with E-state index < -0.39 is 14.0 Å². The van der Waals surface area contributed by atoms with E-state index >= 15 is 0 Å². The maximum absolute atomic E-state index is 11.7. The number of imidazole rings is 1. The zero-order valence-corrected chi connectivity index (χ0v) is 13.7. The van der Waals surface area contributed by atoms with Crippen molar-refractivity contribution in [3.8, 4) is 0 Å². The summed E-state index contributed by atoms with van der Waals surface area (Å²) in [7, 11) is -1.11. The standard InChI is InChI=1S/C12H21ClN2O3Si/c1-5-18-12(16)11-14-10(13)8-15(11)9-17-6-7-19(2,3)4/h8H,5-7,9H2,1-4H3. The van der Waals surface area contributed by atoms with Crippen molar-refractivity contribution in [1.29, 1.82) is 0 Å². The molecule has 0 unspecified atom stereocenters. The molecule has 0 amide bonds. The van der Waals surface area contributed by atoms with Gasteiger partial charge in [-0.2, -0.15) is 0 Å². The van der Waals surface area contributed by atoms with Crippen LogP contribution in [0.25, 0.3) is 0 Å². The SMILES string of the molecule is CCOC(=O)c1nc(Cl)cn1COCC[Si](C)(C)C. The number of hydrogen-bond acceptors (Lipinski definition) is 4. The average Bonchev–Trinajstić information content (AvgIpc) is 2.65. The first-order chi connectivity index (χ1) is 8.83. The zero-order chi connectivity index (χ0) is 14.5. The minimum Gasteiger partial charge on any atom is -0.460 e. The van der Waals surface area contributed by atoms with Crippen molar-refractivity contribution in [3.63, 3.8) is 0 Å². The van der Waals surface area contributed by atoms with E-state index in [1.54, 1.807) is 17.7 Å². The minimum atomic E-state index is -1.11. The molecule has 5 nitrogen and oxygen atoms in total. The summed E-state index contributed by atoms with van der Waals surface area (Å²) in [6.07, 6.45) is 1.57. The third-order valence-corrected chi connectivity index (χ3v) is 4.32. The van der Waals surface area contributed by atoms with Crippen molar-refractivity contribution >= 4 is 25.6 Å². The van der Waals surface area contributed by atoms with Gasteiger partial charge in [0.15, 0.2) is 0 Å². The number of aromatic nitrogens is 2. The summed E-state index contributed by atoms with van der Waals surface area (Å²) in [5.74, 6) is -0.303. The average molecular weight is 305 g/mol. The molecule has 1 aromatic rings. The van der Waals surface area contributed by atoms with Crippen LogP contribution in [0.5, 0.6) is 0 Å². The fraction of sp³-hybridized carbons (Fsp3) is 0.667. The zero-order valence-electron chi connectivity index (χ0n) is 11.9. The highest BCUT2D eigenvalue weighted by Gasteiger charge is 2.17. The van der Waals surface area contributed by atoms with Crippen molar-refractivity contribution < 1.29 is 14.3 Å². The summed E-state index contributed by atoms with van der Waals surface area (Å²) in [4.78, 5) is 15.6. The van der Waals surface area contributed by atoms with E-state index in [0.29, 0.717) is 13.2 Å². The van der Waals surface area contributed by atoms with Crippen LogP contribution in [0.2, 0.25) is 30.8 Å². The van der Waals surface area contributed by atoms with Gasteiger partial charge in [0.1, 0.15) is 11.9 Å². The Morgan fingerprint density at radius 3 is 2.74 bits per heavy atom. The third-order valence-electron chi connectivity index (χ3n) is 2.43. The highest BCUT2D eigenvalue weighted by Crippen LogP contribution is 2.12. The predicted molar refractivity (Wildman–Crippen MR) is 77.3 cm³/mol. The van der Waals surface area contributed by atoms with Gasteiger partial charge in [0.2, 0.25) is 5.82 Å². The molecule has 0 bridgehead atoms. The number of hydrogen-bond donors (Lipinski definition) is 0. The van der Waals surface area contributed by atoms with Gasteiger partial charge in [-0.05, 0) is 13.0 Å². The first kappa shape index (κ1) is 16.2. The fourth-order valence-electron chi connectivity index (χ4n) is 1.38. The molecule has 0 aliphatic rings. The van der Waals surface area contributed by atoms with Gasteiger partial charge in [-0.1, -0.05) is 31.2 Å². The van der Waals surface area contributed by atoms with Crippen LogP contribution in [-0.2, 0) is 16.2 Å². The summed E-state index contributed by atoms with van der Waals surface area (Å²) in [5.41, 5.74) is 0. The Bertz CT molecular complexity index is 429. The lowest BCUT2D eigenvalue weighted by molar-refractivity contribution is 0.0464. The fourth-order valence-corrected chi connectivity index (χ4v) is 2.34. The van der Waals surface area contributed by atoms with Crippen LogP contribution < -0.4 is 0 Å². The van der Waals surface area contributed by atoms with Gasteiger partial charge >= 0.3 is 5.97 Å². The van der Waals surface area contributed by atoms with Crippen molar-refractivity contribution in [2.24, 2.45) is 0 Å². The van der Waals surface area contributed by atoms with E-state index in [-0.39, 0.29) is 17.7 Å². The lowest BCUT2D eigenvalue weighted by Gasteiger charge is -2.15. The van der Waals surface area contributed by atoms with Crippen LogP contribution in [-0.4, -0.2) is 36.8 Å². The van der Waals surface area contributed by atoms with E-state index in [9.17, 15) is 4.79 Å². The largest absolute Gasteiger partial charge is 0.460 e. The van der Waals surface area contributed by atoms with Crippen LogP contribution in [0.1, 0.15) is 17.5 Å². The number of nitrogens with zero attached hydrogens (tertiary/aromatic N) is 2. The molecule has 1 aromatic heterocycles. The quantitative estimate of drug-likeness (QED) is 0.441. The molecular weight excluding hydrogens is 284 g/mol. The molecule has 1 heterocycles. The smallest absolute Gasteiger partial charge is 0.374 e. The number of carbonyl (C=O) groups excluding carboxylic acids is 1. The van der Waals surface area contributed by atoms with Crippen LogP contribution >= 0.6 is 11.6 Å². The van der Waals surface area contributed by atoms with Crippen LogP contribution in [0.3, 0.4) is 0 Å².